The molecule has 1 amide bonds. The number of sulfonamides is 1. The van der Waals surface area contributed by atoms with Crippen LogP contribution in [0.4, 0.5) is 0 Å². The van der Waals surface area contributed by atoms with Crippen LogP contribution in [0.15, 0.2) is 45.8 Å². The molecular formula is C20H25N3O5S. The van der Waals surface area contributed by atoms with Crippen molar-refractivity contribution >= 4 is 15.9 Å². The number of nitrogens with zero attached hydrogens (tertiary/aromatic N) is 3. The second kappa shape index (κ2) is 8.25. The lowest BCUT2D eigenvalue weighted by Gasteiger charge is -2.30. The van der Waals surface area contributed by atoms with Crippen LogP contribution in [0.1, 0.15) is 47.8 Å². The van der Waals surface area contributed by atoms with E-state index in [-0.39, 0.29) is 17.6 Å². The fraction of sp³-hybridized carbons (Fsp3) is 0.500. The van der Waals surface area contributed by atoms with Gasteiger partial charge in [-0.1, -0.05) is 23.4 Å². The van der Waals surface area contributed by atoms with Crippen molar-refractivity contribution in [2.75, 3.05) is 26.2 Å². The second-order valence-electron chi connectivity index (χ2n) is 7.65. The number of aromatic nitrogens is 1. The van der Waals surface area contributed by atoms with Gasteiger partial charge in [0.25, 0.3) is 5.91 Å². The smallest absolute Gasteiger partial charge is 0.292 e. The summed E-state index contributed by atoms with van der Waals surface area (Å²) in [7, 11) is -3.49. The zero-order valence-corrected chi connectivity index (χ0v) is 16.9. The molecule has 0 saturated carbocycles. The highest BCUT2D eigenvalue weighted by Crippen LogP contribution is 2.30. The molecule has 2 saturated heterocycles. The van der Waals surface area contributed by atoms with Crippen LogP contribution in [0, 0.1) is 0 Å². The van der Waals surface area contributed by atoms with Gasteiger partial charge in [-0.25, -0.2) is 8.42 Å². The van der Waals surface area contributed by atoms with Crippen LogP contribution in [0.2, 0.25) is 0 Å². The van der Waals surface area contributed by atoms with Crippen LogP contribution >= 0.6 is 0 Å². The Labute approximate surface area is 170 Å². The van der Waals surface area contributed by atoms with E-state index in [9.17, 15) is 18.3 Å². The van der Waals surface area contributed by atoms with Crippen molar-refractivity contribution in [1.82, 2.24) is 14.4 Å². The van der Waals surface area contributed by atoms with Gasteiger partial charge in [-0.3, -0.25) is 4.79 Å². The summed E-state index contributed by atoms with van der Waals surface area (Å²) in [5.74, 6) is -0.0329. The van der Waals surface area contributed by atoms with E-state index in [1.54, 1.807) is 41.3 Å². The summed E-state index contributed by atoms with van der Waals surface area (Å²) in [5.41, 5.74) is 0.683. The van der Waals surface area contributed by atoms with Gasteiger partial charge in [-0.05, 0) is 37.8 Å². The second-order valence-corrected chi connectivity index (χ2v) is 9.59. The minimum absolute atomic E-state index is 0.0504. The van der Waals surface area contributed by atoms with Gasteiger partial charge in [-0.2, -0.15) is 4.31 Å². The number of piperidine rings is 2. The van der Waals surface area contributed by atoms with Crippen molar-refractivity contribution in [2.45, 2.75) is 42.6 Å². The largest absolute Gasteiger partial charge is 0.391 e. The quantitative estimate of drug-likeness (QED) is 0.811. The van der Waals surface area contributed by atoms with E-state index in [4.69, 9.17) is 4.52 Å². The lowest BCUT2D eigenvalue weighted by molar-refractivity contribution is 0.0441. The van der Waals surface area contributed by atoms with Gasteiger partial charge in [-0.15, -0.1) is 0 Å². The Morgan fingerprint density at radius 2 is 1.83 bits per heavy atom. The third kappa shape index (κ3) is 4.22. The van der Waals surface area contributed by atoms with Crippen LogP contribution in [-0.2, 0) is 10.0 Å². The predicted octanol–water partition coefficient (Wildman–Crippen LogP) is 1.84. The molecule has 1 N–H and O–H groups in total. The van der Waals surface area contributed by atoms with Crippen LogP contribution in [0.5, 0.6) is 0 Å². The van der Waals surface area contributed by atoms with Gasteiger partial charge in [0.05, 0.1) is 16.7 Å². The molecule has 1 unspecified atom stereocenters. The van der Waals surface area contributed by atoms with E-state index in [0.29, 0.717) is 56.0 Å². The molecule has 156 valence electrons. The van der Waals surface area contributed by atoms with Gasteiger partial charge >= 0.3 is 0 Å². The molecule has 8 nitrogen and oxygen atoms in total. The molecule has 4 rings (SSSR count). The summed E-state index contributed by atoms with van der Waals surface area (Å²) < 4.78 is 32.3. The van der Waals surface area contributed by atoms with Gasteiger partial charge in [0.15, 0.2) is 0 Å². The standard InChI is InChI=1S/C20H25N3O5S/c24-16-5-4-10-22(14-16)20(25)19-13-18(21-28-19)15-8-11-23(12-9-15)29(26,27)17-6-2-1-3-7-17/h1-3,6-7,13,15-16,24H,4-5,8-12,14H2. The number of amides is 1. The maximum Gasteiger partial charge on any atom is 0.292 e. The average Bonchev–Trinajstić information content (AvgIpc) is 3.24. The van der Waals surface area contributed by atoms with Crippen molar-refractivity contribution in [3.8, 4) is 0 Å². The van der Waals surface area contributed by atoms with Crippen molar-refractivity contribution in [1.29, 1.82) is 0 Å². The summed E-state index contributed by atoms with van der Waals surface area (Å²) in [6, 6.07) is 10.1. The molecule has 9 heteroatoms. The molecule has 1 aromatic heterocycles. The minimum Gasteiger partial charge on any atom is -0.391 e. The topological polar surface area (TPSA) is 104 Å². The summed E-state index contributed by atoms with van der Waals surface area (Å²) in [6.07, 6.45) is 2.22. The Morgan fingerprint density at radius 3 is 2.52 bits per heavy atom. The number of β-amino-alcohol motifs (C(OH)–C–C–N with tert-alkyl or cyclic N) is 1. The number of carbonyl (C=O) groups is 1. The molecule has 1 aromatic carbocycles. The summed E-state index contributed by atoms with van der Waals surface area (Å²) in [6.45, 7) is 1.71. The number of rotatable bonds is 4. The molecule has 0 spiro atoms. The van der Waals surface area contributed by atoms with Crippen molar-refractivity contribution < 1.29 is 22.8 Å². The summed E-state index contributed by atoms with van der Waals surface area (Å²) >= 11 is 0. The fourth-order valence-corrected chi connectivity index (χ4v) is 5.50. The molecule has 29 heavy (non-hydrogen) atoms. The normalized spacial score (nSPS) is 22.0. The molecule has 0 bridgehead atoms. The van der Waals surface area contributed by atoms with E-state index >= 15 is 0 Å². The number of hydrogen-bond donors (Lipinski definition) is 1. The lowest BCUT2D eigenvalue weighted by Crippen LogP contribution is -2.42. The van der Waals surface area contributed by atoms with Crippen molar-refractivity contribution in [2.24, 2.45) is 0 Å². The predicted molar refractivity (Wildman–Crippen MR) is 105 cm³/mol. The van der Waals surface area contributed by atoms with E-state index in [0.717, 1.165) is 6.42 Å². The van der Waals surface area contributed by atoms with E-state index < -0.39 is 16.1 Å². The SMILES string of the molecule is O=C(c1cc(C2CCN(S(=O)(=O)c3ccccc3)CC2)no1)N1CCCC(O)C1. The molecule has 2 fully saturated rings. The molecule has 2 aliphatic rings. The highest BCUT2D eigenvalue weighted by atomic mass is 32.2. The third-order valence-corrected chi connectivity index (χ3v) is 7.59. The molecular weight excluding hydrogens is 394 g/mol. The van der Waals surface area contributed by atoms with Crippen LogP contribution in [0.3, 0.4) is 0 Å². The molecule has 0 aliphatic carbocycles. The van der Waals surface area contributed by atoms with Crippen molar-refractivity contribution in [3.63, 3.8) is 0 Å². The summed E-state index contributed by atoms with van der Waals surface area (Å²) in [4.78, 5) is 14.5. The van der Waals surface area contributed by atoms with Crippen LogP contribution in [0.25, 0.3) is 0 Å². The lowest BCUT2D eigenvalue weighted by atomic mass is 9.94. The number of hydrogen-bond acceptors (Lipinski definition) is 6. The first-order valence-corrected chi connectivity index (χ1v) is 11.4. The maximum atomic E-state index is 12.7. The first-order valence-electron chi connectivity index (χ1n) is 9.94. The Morgan fingerprint density at radius 1 is 1.10 bits per heavy atom. The van der Waals surface area contributed by atoms with Crippen molar-refractivity contribution in [3.05, 3.63) is 47.9 Å². The zero-order valence-electron chi connectivity index (χ0n) is 16.1. The van der Waals surface area contributed by atoms with Gasteiger partial charge < -0.3 is 14.5 Å². The number of likely N-dealkylation sites (tertiary alicyclic amines) is 1. The number of aliphatic hydroxyl groups excluding tert-OH is 1. The molecule has 0 radical (unpaired) electrons. The maximum absolute atomic E-state index is 12.7. The van der Waals surface area contributed by atoms with E-state index in [1.165, 1.54) is 4.31 Å². The van der Waals surface area contributed by atoms with Crippen LogP contribution < -0.4 is 0 Å². The number of benzene rings is 1. The monoisotopic (exact) mass is 419 g/mol. The molecule has 2 aliphatic heterocycles. The van der Waals surface area contributed by atoms with Gasteiger partial charge in [0, 0.05) is 38.2 Å². The zero-order chi connectivity index (χ0) is 20.4. The average molecular weight is 420 g/mol. The van der Waals surface area contributed by atoms with Gasteiger partial charge in [0.2, 0.25) is 15.8 Å². The third-order valence-electron chi connectivity index (χ3n) is 5.68. The highest BCUT2D eigenvalue weighted by Gasteiger charge is 2.32. The first kappa shape index (κ1) is 20.1. The molecule has 3 heterocycles. The number of aliphatic hydroxyl groups is 1. The number of carbonyl (C=O) groups excluding carboxylic acids is 1. The van der Waals surface area contributed by atoms with E-state index in [1.807, 2.05) is 0 Å². The Balaban J connectivity index is 1.39. The highest BCUT2D eigenvalue weighted by molar-refractivity contribution is 7.89. The first-order chi connectivity index (χ1) is 13.9. The minimum atomic E-state index is -3.49. The fourth-order valence-electron chi connectivity index (χ4n) is 4.01. The Hall–Kier alpha value is -2.23. The van der Waals surface area contributed by atoms with E-state index in [2.05, 4.69) is 5.16 Å². The molecule has 2 aromatic rings. The molecule has 1 atom stereocenters. The van der Waals surface area contributed by atoms with Gasteiger partial charge in [0.1, 0.15) is 0 Å². The Bertz CT molecular complexity index is 952. The van der Waals surface area contributed by atoms with Crippen LogP contribution in [-0.4, -0.2) is 66.1 Å². The Kier molecular flexibility index (Phi) is 5.71. The summed E-state index contributed by atoms with van der Waals surface area (Å²) in [5, 5.41) is 13.8.